The predicted octanol–water partition coefficient (Wildman–Crippen LogP) is 4.94. The lowest BCUT2D eigenvalue weighted by atomic mass is 10.1. The number of carbonyl (C=O) groups is 1. The van der Waals surface area contributed by atoms with Gasteiger partial charge in [0.15, 0.2) is 0 Å². The summed E-state index contributed by atoms with van der Waals surface area (Å²) in [5.74, 6) is 0.244. The van der Waals surface area contributed by atoms with E-state index < -0.39 is 0 Å². The Kier molecular flexibility index (Phi) is 4.71. The van der Waals surface area contributed by atoms with Crippen LogP contribution in [0.3, 0.4) is 0 Å². The Hall–Kier alpha value is -1.06. The second kappa shape index (κ2) is 6.15. The number of carbonyl (C=O) groups excluding carboxylic acids is 1. The van der Waals surface area contributed by atoms with E-state index in [1.807, 2.05) is 38.2 Å². The summed E-state index contributed by atoms with van der Waals surface area (Å²) in [5, 5.41) is 0.723. The minimum Gasteiger partial charge on any atom is -0.346 e. The van der Waals surface area contributed by atoms with Gasteiger partial charge in [0.2, 0.25) is 0 Å². The van der Waals surface area contributed by atoms with Crippen molar-refractivity contribution in [3.63, 3.8) is 0 Å². The molecule has 0 bridgehead atoms. The Labute approximate surface area is 132 Å². The first-order valence-corrected chi connectivity index (χ1v) is 7.74. The van der Waals surface area contributed by atoms with E-state index in [0.717, 1.165) is 32.0 Å². The molecule has 0 radical (unpaired) electrons. The molecule has 0 atom stereocenters. The van der Waals surface area contributed by atoms with Crippen molar-refractivity contribution >= 4 is 33.3 Å². The van der Waals surface area contributed by atoms with Crippen LogP contribution in [-0.4, -0.2) is 10.4 Å². The summed E-state index contributed by atoms with van der Waals surface area (Å²) in [6, 6.07) is 7.77. The first-order chi connectivity index (χ1) is 9.45. The smallest absolute Gasteiger partial charge is 0.138 e. The minimum atomic E-state index is 0.244. The molecule has 0 fully saturated rings. The van der Waals surface area contributed by atoms with Crippen molar-refractivity contribution in [3.05, 3.63) is 45.0 Å². The van der Waals surface area contributed by atoms with Gasteiger partial charge in [-0.2, -0.15) is 0 Å². The third-order valence-electron chi connectivity index (χ3n) is 3.55. The molecule has 1 aromatic carbocycles. The van der Waals surface area contributed by atoms with Gasteiger partial charge in [-0.3, -0.25) is 4.79 Å². The number of benzene rings is 1. The summed E-state index contributed by atoms with van der Waals surface area (Å²) < 4.78 is 3.11. The molecule has 1 heterocycles. The van der Waals surface area contributed by atoms with Crippen LogP contribution < -0.4 is 0 Å². The molecule has 20 heavy (non-hydrogen) atoms. The minimum absolute atomic E-state index is 0.244. The normalized spacial score (nSPS) is 10.8. The molecule has 0 aliphatic rings. The third-order valence-corrected chi connectivity index (χ3v) is 4.86. The quantitative estimate of drug-likeness (QED) is 0.762. The average molecular weight is 355 g/mol. The summed E-state index contributed by atoms with van der Waals surface area (Å²) >= 11 is 9.56. The Balaban J connectivity index is 2.52. The average Bonchev–Trinajstić information content (AvgIpc) is 2.64. The fourth-order valence-corrected chi connectivity index (χ4v) is 3.10. The highest BCUT2D eigenvalue weighted by Gasteiger charge is 2.18. The van der Waals surface area contributed by atoms with Crippen molar-refractivity contribution in [1.29, 1.82) is 0 Å². The number of hydrogen-bond donors (Lipinski definition) is 0. The molecular weight excluding hydrogens is 338 g/mol. The maximum absolute atomic E-state index is 11.7. The Morgan fingerprint density at radius 1 is 1.30 bits per heavy atom. The maximum atomic E-state index is 11.7. The maximum Gasteiger partial charge on any atom is 0.138 e. The third kappa shape index (κ3) is 2.84. The van der Waals surface area contributed by atoms with Crippen molar-refractivity contribution in [1.82, 2.24) is 4.57 Å². The lowest BCUT2D eigenvalue weighted by molar-refractivity contribution is -0.118. The number of ketones is 1. The van der Waals surface area contributed by atoms with Gasteiger partial charge in [0.25, 0.3) is 0 Å². The van der Waals surface area contributed by atoms with Crippen molar-refractivity contribution in [2.45, 2.75) is 26.7 Å². The van der Waals surface area contributed by atoms with Gasteiger partial charge in [-0.25, -0.2) is 0 Å². The molecular formula is C16H17BrClNO. The molecule has 4 heteroatoms. The van der Waals surface area contributed by atoms with E-state index in [9.17, 15) is 4.79 Å². The van der Waals surface area contributed by atoms with Crippen LogP contribution in [0.15, 0.2) is 28.7 Å². The molecule has 106 valence electrons. The molecule has 2 rings (SSSR count). The first kappa shape index (κ1) is 15.3. The van der Waals surface area contributed by atoms with Gasteiger partial charge in [-0.05, 0) is 46.1 Å². The molecule has 2 nitrogen and oxygen atoms in total. The zero-order chi connectivity index (χ0) is 14.9. The van der Waals surface area contributed by atoms with Crippen LogP contribution >= 0.6 is 27.5 Å². The molecule has 0 spiro atoms. The highest BCUT2D eigenvalue weighted by Crippen LogP contribution is 2.34. The van der Waals surface area contributed by atoms with Crippen molar-refractivity contribution < 1.29 is 4.79 Å². The highest BCUT2D eigenvalue weighted by molar-refractivity contribution is 9.10. The standard InChI is InChI=1S/C16H17BrClNO/c1-4-13(20)9-14-15(17)10(2)16(19(14)3)11-5-7-12(18)8-6-11/h5-8H,4,9H2,1-3H3. The molecule has 1 aromatic heterocycles. The van der Waals surface area contributed by atoms with Gasteiger partial charge in [0.1, 0.15) is 5.78 Å². The van der Waals surface area contributed by atoms with Crippen LogP contribution in [0.4, 0.5) is 0 Å². The van der Waals surface area contributed by atoms with Crippen molar-refractivity contribution in [2.75, 3.05) is 0 Å². The molecule has 0 saturated heterocycles. The van der Waals surface area contributed by atoms with E-state index in [2.05, 4.69) is 27.4 Å². The van der Waals surface area contributed by atoms with Crippen LogP contribution in [0.5, 0.6) is 0 Å². The van der Waals surface area contributed by atoms with Gasteiger partial charge in [0.05, 0.1) is 5.69 Å². The number of hydrogen-bond acceptors (Lipinski definition) is 1. The summed E-state index contributed by atoms with van der Waals surface area (Å²) in [6.45, 7) is 3.96. The number of halogens is 2. The molecule has 0 saturated carbocycles. The zero-order valence-corrected chi connectivity index (χ0v) is 14.2. The largest absolute Gasteiger partial charge is 0.346 e. The number of aromatic nitrogens is 1. The summed E-state index contributed by atoms with van der Waals surface area (Å²) in [6.07, 6.45) is 1.02. The lowest BCUT2D eigenvalue weighted by Gasteiger charge is -2.08. The Morgan fingerprint density at radius 2 is 1.90 bits per heavy atom. The van der Waals surface area contributed by atoms with Gasteiger partial charge in [-0.1, -0.05) is 30.7 Å². The van der Waals surface area contributed by atoms with E-state index >= 15 is 0 Å². The highest BCUT2D eigenvalue weighted by atomic mass is 79.9. The van der Waals surface area contributed by atoms with Crippen LogP contribution in [0, 0.1) is 6.92 Å². The summed E-state index contributed by atoms with van der Waals surface area (Å²) in [5.41, 5.74) is 4.39. The number of rotatable bonds is 4. The fraction of sp³-hybridized carbons (Fsp3) is 0.312. The Morgan fingerprint density at radius 3 is 2.45 bits per heavy atom. The molecule has 2 aromatic rings. The van der Waals surface area contributed by atoms with Gasteiger partial charge in [-0.15, -0.1) is 0 Å². The second-order valence-corrected chi connectivity index (χ2v) is 6.10. The van der Waals surface area contributed by atoms with E-state index in [4.69, 9.17) is 11.6 Å². The number of Topliss-reactive ketones (excluding diaryl/α,β-unsaturated/α-hetero) is 1. The van der Waals surface area contributed by atoms with Gasteiger partial charge < -0.3 is 4.57 Å². The van der Waals surface area contributed by atoms with Gasteiger partial charge in [0, 0.05) is 35.1 Å². The summed E-state index contributed by atoms with van der Waals surface area (Å²) in [4.78, 5) is 11.7. The van der Waals surface area contributed by atoms with Crippen LogP contribution in [0.1, 0.15) is 24.6 Å². The number of nitrogens with zero attached hydrogens (tertiary/aromatic N) is 1. The Bertz CT molecular complexity index is 643. The van der Waals surface area contributed by atoms with Crippen LogP contribution in [0.2, 0.25) is 5.02 Å². The lowest BCUT2D eigenvalue weighted by Crippen LogP contribution is -2.06. The zero-order valence-electron chi connectivity index (χ0n) is 11.8. The van der Waals surface area contributed by atoms with Crippen molar-refractivity contribution in [2.24, 2.45) is 7.05 Å². The SMILES string of the molecule is CCC(=O)Cc1c(Br)c(C)c(-c2ccc(Cl)cc2)n1C. The van der Waals surface area contributed by atoms with Crippen LogP contribution in [0.25, 0.3) is 11.3 Å². The first-order valence-electron chi connectivity index (χ1n) is 6.57. The van der Waals surface area contributed by atoms with E-state index in [-0.39, 0.29) is 5.78 Å². The summed E-state index contributed by atoms with van der Waals surface area (Å²) in [7, 11) is 2.00. The molecule has 0 amide bonds. The van der Waals surface area contributed by atoms with E-state index in [0.29, 0.717) is 12.8 Å². The second-order valence-electron chi connectivity index (χ2n) is 4.87. The van der Waals surface area contributed by atoms with Crippen LogP contribution in [-0.2, 0) is 18.3 Å². The van der Waals surface area contributed by atoms with E-state index in [1.165, 1.54) is 0 Å². The molecule has 0 unspecified atom stereocenters. The molecule has 0 aliphatic heterocycles. The molecule has 0 N–H and O–H groups in total. The predicted molar refractivity (Wildman–Crippen MR) is 87.3 cm³/mol. The van der Waals surface area contributed by atoms with E-state index in [1.54, 1.807) is 0 Å². The fourth-order valence-electron chi connectivity index (χ4n) is 2.38. The van der Waals surface area contributed by atoms with Crippen molar-refractivity contribution in [3.8, 4) is 11.3 Å². The topological polar surface area (TPSA) is 22.0 Å². The van der Waals surface area contributed by atoms with Gasteiger partial charge >= 0.3 is 0 Å². The molecule has 0 aliphatic carbocycles. The monoisotopic (exact) mass is 353 g/mol.